The predicted molar refractivity (Wildman–Crippen MR) is 261 cm³/mol. The van der Waals surface area contributed by atoms with Crippen molar-refractivity contribution in [1.29, 1.82) is 5.26 Å². The van der Waals surface area contributed by atoms with E-state index in [2.05, 4.69) is 95.7 Å². The van der Waals surface area contributed by atoms with Crippen LogP contribution in [0.2, 0.25) is 0 Å². The molecule has 0 saturated heterocycles. The van der Waals surface area contributed by atoms with Gasteiger partial charge in [0.15, 0.2) is 17.5 Å². The van der Waals surface area contributed by atoms with Crippen LogP contribution in [0.25, 0.3) is 95.4 Å². The Bertz CT molecular complexity index is 3370. The van der Waals surface area contributed by atoms with Gasteiger partial charge in [0.25, 0.3) is 0 Å². The monoisotopic (exact) mass is 826 g/mol. The van der Waals surface area contributed by atoms with Gasteiger partial charge in [-0.3, -0.25) is 4.57 Å². The molecule has 306 valence electrons. The van der Waals surface area contributed by atoms with Crippen molar-refractivity contribution < 1.29 is 0 Å². The number of fused-ring (bicyclic) bond motifs is 1. The average Bonchev–Trinajstić information content (AvgIpc) is 3.75. The van der Waals surface area contributed by atoms with E-state index in [1.54, 1.807) is 0 Å². The minimum absolute atomic E-state index is 0.533. The highest BCUT2D eigenvalue weighted by Crippen LogP contribution is 2.38. The molecular formula is C56H42N8. The molecule has 0 aliphatic heterocycles. The maximum atomic E-state index is 10.5. The lowest BCUT2D eigenvalue weighted by atomic mass is 9.93. The molecule has 0 aliphatic carbocycles. The number of benzene rings is 8. The first-order chi connectivity index (χ1) is 31.5. The van der Waals surface area contributed by atoms with Crippen LogP contribution in [-0.2, 0) is 6.42 Å². The second-order valence-corrected chi connectivity index (χ2v) is 15.6. The highest BCUT2D eigenvalue weighted by atomic mass is 15.1. The molecule has 8 heteroatoms. The number of hydrogen-bond acceptors (Lipinski definition) is 7. The first kappa shape index (κ1) is 39.5. The fraction of sp³-hybridized carbons (Fsp3) is 0.0536. The molecule has 10 aromatic rings. The number of anilines is 2. The van der Waals surface area contributed by atoms with Crippen molar-refractivity contribution in [2.75, 3.05) is 18.1 Å². The summed E-state index contributed by atoms with van der Waals surface area (Å²) >= 11 is 0. The number of aromatic nitrogens is 5. The van der Waals surface area contributed by atoms with E-state index in [-0.39, 0.29) is 0 Å². The van der Waals surface area contributed by atoms with Crippen LogP contribution in [0.5, 0.6) is 0 Å². The molecule has 0 saturated carbocycles. The van der Waals surface area contributed by atoms with Crippen LogP contribution in [0.15, 0.2) is 188 Å². The van der Waals surface area contributed by atoms with E-state index >= 15 is 0 Å². The van der Waals surface area contributed by atoms with E-state index in [9.17, 15) is 5.26 Å². The van der Waals surface area contributed by atoms with Gasteiger partial charge in [0.1, 0.15) is 5.82 Å². The number of imidazole rings is 1. The number of aryl methyl sites for hydroxylation is 1. The summed E-state index contributed by atoms with van der Waals surface area (Å²) in [5.41, 5.74) is 22.1. The molecule has 8 nitrogen and oxygen atoms in total. The first-order valence-corrected chi connectivity index (χ1v) is 21.3. The third kappa shape index (κ3) is 7.52. The zero-order chi connectivity index (χ0) is 43.6. The molecule has 64 heavy (non-hydrogen) atoms. The van der Waals surface area contributed by atoms with Gasteiger partial charge in [0, 0.05) is 52.8 Å². The van der Waals surface area contributed by atoms with Gasteiger partial charge in [0.05, 0.1) is 22.7 Å². The number of nitrogen functional groups attached to an aromatic ring is 1. The first-order valence-electron chi connectivity index (χ1n) is 21.3. The second kappa shape index (κ2) is 17.0. The molecule has 0 spiro atoms. The van der Waals surface area contributed by atoms with Gasteiger partial charge in [-0.1, -0.05) is 146 Å². The third-order valence-electron chi connectivity index (χ3n) is 11.6. The molecule has 0 atom stereocenters. The topological polar surface area (TPSA) is 118 Å². The van der Waals surface area contributed by atoms with Gasteiger partial charge in [-0.25, -0.2) is 19.9 Å². The van der Waals surface area contributed by atoms with Gasteiger partial charge in [-0.15, -0.1) is 0 Å². The molecule has 0 unspecified atom stereocenters. The standard InChI is InChI=1S/C56H42N8/c1-3-53-60-50-29-24-40(37-16-9-5-10-17-37)33-52(50)64(53)45-25-28-47(49(58)34-45)41-22-26-46(44(31-41)35-57)42-23-27-48(51(32-42)59-2)56-62-54(38-18-11-6-12-19-38)61-55(63-56)43-21-13-20-39(30-43)36-14-7-4-8-15-36/h4-34,59H,3,58H2,1-2H3. The lowest BCUT2D eigenvalue weighted by molar-refractivity contribution is 0.909. The van der Waals surface area contributed by atoms with Crippen LogP contribution in [0.4, 0.5) is 11.4 Å². The average molecular weight is 827 g/mol. The number of nitriles is 1. The minimum Gasteiger partial charge on any atom is -0.398 e. The Balaban J connectivity index is 0.991. The van der Waals surface area contributed by atoms with Gasteiger partial charge < -0.3 is 11.1 Å². The molecular weight excluding hydrogens is 785 g/mol. The van der Waals surface area contributed by atoms with E-state index in [1.165, 1.54) is 0 Å². The van der Waals surface area contributed by atoms with Gasteiger partial charge in [-0.2, -0.15) is 5.26 Å². The number of nitrogens with two attached hydrogens (primary N) is 1. The Hall–Kier alpha value is -8.67. The Labute approximate surface area is 372 Å². The van der Waals surface area contributed by atoms with E-state index in [0.29, 0.717) is 28.7 Å². The zero-order valence-corrected chi connectivity index (χ0v) is 35.4. The SMILES string of the molecule is CCc1nc2ccc(-c3ccccc3)cc2n1-c1ccc(-c2ccc(-c3ccc(-c4nc(-c5ccccc5)nc(-c5cccc(-c6ccccc6)c5)n4)c(NC)c3)c(C#N)c2)c(N)c1. The largest absolute Gasteiger partial charge is 0.398 e. The van der Waals surface area contributed by atoms with Crippen molar-refractivity contribution in [3.05, 3.63) is 199 Å². The van der Waals surface area contributed by atoms with Crippen LogP contribution >= 0.6 is 0 Å². The highest BCUT2D eigenvalue weighted by Gasteiger charge is 2.19. The van der Waals surface area contributed by atoms with Crippen molar-refractivity contribution >= 4 is 22.4 Å². The number of hydrogen-bond donors (Lipinski definition) is 2. The van der Waals surface area contributed by atoms with Crippen molar-refractivity contribution in [2.24, 2.45) is 0 Å². The Morgan fingerprint density at radius 2 is 1.06 bits per heavy atom. The maximum absolute atomic E-state index is 10.5. The molecule has 0 fully saturated rings. The summed E-state index contributed by atoms with van der Waals surface area (Å²) in [6.07, 6.45) is 0.759. The van der Waals surface area contributed by atoms with Crippen molar-refractivity contribution in [1.82, 2.24) is 24.5 Å². The Morgan fingerprint density at radius 1 is 0.500 bits per heavy atom. The van der Waals surface area contributed by atoms with E-state index in [0.717, 1.165) is 95.9 Å². The molecule has 3 N–H and O–H groups in total. The molecule has 2 heterocycles. The molecule has 2 aromatic heterocycles. The highest BCUT2D eigenvalue weighted by molar-refractivity contribution is 5.88. The summed E-state index contributed by atoms with van der Waals surface area (Å²) < 4.78 is 2.19. The number of nitrogens with one attached hydrogen (secondary N) is 1. The van der Waals surface area contributed by atoms with Gasteiger partial charge in [-0.05, 0) is 87.5 Å². The predicted octanol–water partition coefficient (Wildman–Crippen LogP) is 12.9. The quantitative estimate of drug-likeness (QED) is 0.132. The van der Waals surface area contributed by atoms with Crippen LogP contribution in [0.3, 0.4) is 0 Å². The zero-order valence-electron chi connectivity index (χ0n) is 35.4. The Morgan fingerprint density at radius 3 is 1.72 bits per heavy atom. The summed E-state index contributed by atoms with van der Waals surface area (Å²) in [7, 11) is 1.88. The smallest absolute Gasteiger partial charge is 0.166 e. The summed E-state index contributed by atoms with van der Waals surface area (Å²) in [6, 6.07) is 65.8. The normalized spacial score (nSPS) is 11.1. The fourth-order valence-electron chi connectivity index (χ4n) is 8.39. The Kier molecular flexibility index (Phi) is 10.5. The second-order valence-electron chi connectivity index (χ2n) is 15.6. The van der Waals surface area contributed by atoms with Crippen LogP contribution in [0.1, 0.15) is 18.3 Å². The number of rotatable bonds is 10. The minimum atomic E-state index is 0.533. The summed E-state index contributed by atoms with van der Waals surface area (Å²) in [6.45, 7) is 2.11. The van der Waals surface area contributed by atoms with E-state index in [4.69, 9.17) is 25.7 Å². The molecule has 10 rings (SSSR count). The molecule has 0 bridgehead atoms. The maximum Gasteiger partial charge on any atom is 0.166 e. The summed E-state index contributed by atoms with van der Waals surface area (Å²) in [4.78, 5) is 20.0. The van der Waals surface area contributed by atoms with Crippen LogP contribution in [0, 0.1) is 11.3 Å². The van der Waals surface area contributed by atoms with Crippen molar-refractivity contribution in [3.8, 4) is 90.4 Å². The lowest BCUT2D eigenvalue weighted by Gasteiger charge is -2.15. The van der Waals surface area contributed by atoms with E-state index in [1.807, 2.05) is 122 Å². The molecule has 0 aliphatic rings. The van der Waals surface area contributed by atoms with Crippen molar-refractivity contribution in [2.45, 2.75) is 13.3 Å². The lowest BCUT2D eigenvalue weighted by Crippen LogP contribution is -2.02. The van der Waals surface area contributed by atoms with Crippen LogP contribution < -0.4 is 11.1 Å². The molecule has 0 radical (unpaired) electrons. The van der Waals surface area contributed by atoms with Gasteiger partial charge >= 0.3 is 0 Å². The van der Waals surface area contributed by atoms with E-state index < -0.39 is 0 Å². The fourth-order valence-corrected chi connectivity index (χ4v) is 8.39. The summed E-state index contributed by atoms with van der Waals surface area (Å²) in [5.74, 6) is 2.64. The number of nitrogens with zero attached hydrogens (tertiary/aromatic N) is 6. The van der Waals surface area contributed by atoms with Crippen LogP contribution in [-0.4, -0.2) is 31.6 Å². The molecule has 0 amide bonds. The molecule has 8 aromatic carbocycles. The van der Waals surface area contributed by atoms with Crippen molar-refractivity contribution in [3.63, 3.8) is 0 Å². The summed E-state index contributed by atoms with van der Waals surface area (Å²) in [5, 5.41) is 13.9. The van der Waals surface area contributed by atoms with Gasteiger partial charge in [0.2, 0.25) is 0 Å². The third-order valence-corrected chi connectivity index (χ3v) is 11.6.